The number of rotatable bonds is 5. The Kier molecular flexibility index (Phi) is 3.16. The lowest BCUT2D eigenvalue weighted by atomic mass is 9.71. The molecule has 0 radical (unpaired) electrons. The second kappa shape index (κ2) is 4.00. The van der Waals surface area contributed by atoms with Crippen LogP contribution >= 0.6 is 0 Å². The van der Waals surface area contributed by atoms with Crippen LogP contribution in [0.5, 0.6) is 0 Å². The van der Waals surface area contributed by atoms with Gasteiger partial charge in [0.25, 0.3) is 0 Å². The summed E-state index contributed by atoms with van der Waals surface area (Å²) in [5.41, 5.74) is 1.35. The third kappa shape index (κ3) is 1.48. The van der Waals surface area contributed by atoms with Gasteiger partial charge in [0.15, 0.2) is 0 Å². The standard InChI is InChI=1S/C17H32/c1-8-11(3)14(9-2)13(5)17(7)15-12(4)10-16(15,17)6/h11-15H,8-10H2,1-7H3. The Morgan fingerprint density at radius 1 is 1.12 bits per heavy atom. The molecule has 7 atom stereocenters. The zero-order valence-electron chi connectivity index (χ0n) is 13.0. The van der Waals surface area contributed by atoms with E-state index < -0.39 is 0 Å². The highest BCUT2D eigenvalue weighted by Gasteiger charge is 2.80. The van der Waals surface area contributed by atoms with Crippen LogP contribution in [0.3, 0.4) is 0 Å². The van der Waals surface area contributed by atoms with E-state index in [1.165, 1.54) is 19.3 Å². The summed E-state index contributed by atoms with van der Waals surface area (Å²) in [5.74, 6) is 4.75. The summed E-state index contributed by atoms with van der Waals surface area (Å²) in [7, 11) is 0. The van der Waals surface area contributed by atoms with Crippen molar-refractivity contribution < 1.29 is 0 Å². The van der Waals surface area contributed by atoms with E-state index in [4.69, 9.17) is 0 Å². The molecule has 2 aliphatic carbocycles. The maximum atomic E-state index is 2.59. The van der Waals surface area contributed by atoms with Crippen LogP contribution in [0.25, 0.3) is 0 Å². The Morgan fingerprint density at radius 3 is 2.00 bits per heavy atom. The fraction of sp³-hybridized carbons (Fsp3) is 1.00. The molecule has 2 saturated carbocycles. The molecule has 0 amide bonds. The molecule has 0 aromatic carbocycles. The van der Waals surface area contributed by atoms with Crippen molar-refractivity contribution in [3.63, 3.8) is 0 Å². The third-order valence-corrected chi connectivity index (χ3v) is 7.23. The maximum absolute atomic E-state index is 2.59. The average Bonchev–Trinajstić information content (AvgIpc) is 2.69. The fourth-order valence-electron chi connectivity index (χ4n) is 5.94. The van der Waals surface area contributed by atoms with Gasteiger partial charge in [-0.3, -0.25) is 0 Å². The van der Waals surface area contributed by atoms with Crippen molar-refractivity contribution in [2.75, 3.05) is 0 Å². The fourth-order valence-corrected chi connectivity index (χ4v) is 5.94. The van der Waals surface area contributed by atoms with Gasteiger partial charge in [0.05, 0.1) is 0 Å². The van der Waals surface area contributed by atoms with E-state index in [2.05, 4.69) is 48.5 Å². The van der Waals surface area contributed by atoms with E-state index >= 15 is 0 Å². The minimum atomic E-state index is 0.649. The number of hydrogen-bond acceptors (Lipinski definition) is 0. The van der Waals surface area contributed by atoms with Crippen LogP contribution in [0.2, 0.25) is 0 Å². The summed E-state index contributed by atoms with van der Waals surface area (Å²) in [6.07, 6.45) is 4.19. The van der Waals surface area contributed by atoms with E-state index in [-0.39, 0.29) is 0 Å². The van der Waals surface area contributed by atoms with Crippen LogP contribution < -0.4 is 0 Å². The average molecular weight is 236 g/mol. The van der Waals surface area contributed by atoms with Gasteiger partial charge in [-0.15, -0.1) is 0 Å². The molecule has 7 unspecified atom stereocenters. The Balaban J connectivity index is 2.13. The molecular weight excluding hydrogens is 204 g/mol. The van der Waals surface area contributed by atoms with E-state index in [0.29, 0.717) is 10.8 Å². The molecule has 0 saturated heterocycles. The molecule has 0 heteroatoms. The van der Waals surface area contributed by atoms with Crippen molar-refractivity contribution in [1.29, 1.82) is 0 Å². The molecular formula is C17H32. The van der Waals surface area contributed by atoms with Gasteiger partial charge in [0.2, 0.25) is 0 Å². The monoisotopic (exact) mass is 236 g/mol. The van der Waals surface area contributed by atoms with Crippen LogP contribution in [-0.2, 0) is 0 Å². The molecule has 0 aromatic heterocycles. The van der Waals surface area contributed by atoms with Gasteiger partial charge < -0.3 is 0 Å². The molecule has 0 heterocycles. The molecule has 100 valence electrons. The maximum Gasteiger partial charge on any atom is -0.0204 e. The molecule has 0 spiro atoms. The molecule has 0 bridgehead atoms. The van der Waals surface area contributed by atoms with Gasteiger partial charge in [-0.25, -0.2) is 0 Å². The second-order valence-electron chi connectivity index (χ2n) is 7.61. The van der Waals surface area contributed by atoms with Crippen LogP contribution in [0.15, 0.2) is 0 Å². The van der Waals surface area contributed by atoms with Gasteiger partial charge in [0, 0.05) is 0 Å². The molecule has 2 aliphatic rings. The quantitative estimate of drug-likeness (QED) is 0.601. The highest BCUT2D eigenvalue weighted by molar-refractivity contribution is 5.27. The van der Waals surface area contributed by atoms with Crippen molar-refractivity contribution in [1.82, 2.24) is 0 Å². The molecule has 2 rings (SSSR count). The van der Waals surface area contributed by atoms with E-state index in [9.17, 15) is 0 Å². The lowest BCUT2D eigenvalue weighted by molar-refractivity contribution is 0.143. The van der Waals surface area contributed by atoms with Gasteiger partial charge in [-0.1, -0.05) is 61.3 Å². The zero-order valence-corrected chi connectivity index (χ0v) is 13.0. The van der Waals surface area contributed by atoms with Gasteiger partial charge in [0.1, 0.15) is 0 Å². The highest BCUT2D eigenvalue weighted by atomic mass is 14.8. The molecule has 0 aromatic rings. The number of fused-ring (bicyclic) bond motifs is 1. The van der Waals surface area contributed by atoms with Crippen molar-refractivity contribution in [3.8, 4) is 0 Å². The summed E-state index contributed by atoms with van der Waals surface area (Å²) < 4.78 is 0. The predicted octanol–water partition coefficient (Wildman–Crippen LogP) is 5.38. The van der Waals surface area contributed by atoms with E-state index in [1.807, 2.05) is 0 Å². The lowest BCUT2D eigenvalue weighted by Crippen LogP contribution is -2.27. The van der Waals surface area contributed by atoms with Crippen molar-refractivity contribution in [3.05, 3.63) is 0 Å². The summed E-state index contributed by atoms with van der Waals surface area (Å²) in [5, 5.41) is 0. The Morgan fingerprint density at radius 2 is 1.71 bits per heavy atom. The molecule has 2 fully saturated rings. The smallest absolute Gasteiger partial charge is 0.0204 e. The Labute approximate surface area is 109 Å². The first-order valence-corrected chi connectivity index (χ1v) is 7.84. The van der Waals surface area contributed by atoms with Crippen LogP contribution in [-0.4, -0.2) is 0 Å². The summed E-state index contributed by atoms with van der Waals surface area (Å²) in [4.78, 5) is 0. The predicted molar refractivity (Wildman–Crippen MR) is 75.9 cm³/mol. The first-order valence-electron chi connectivity index (χ1n) is 7.84. The third-order valence-electron chi connectivity index (χ3n) is 7.23. The Bertz CT molecular complexity index is 294. The lowest BCUT2D eigenvalue weighted by Gasteiger charge is -2.34. The zero-order chi connectivity index (χ0) is 13.0. The van der Waals surface area contributed by atoms with E-state index in [0.717, 1.165) is 29.6 Å². The summed E-state index contributed by atoms with van der Waals surface area (Å²) >= 11 is 0. The highest BCUT2D eigenvalue weighted by Crippen LogP contribution is 2.85. The molecule has 0 aliphatic heterocycles. The summed E-state index contributed by atoms with van der Waals surface area (Å²) in [6.45, 7) is 17.4. The minimum absolute atomic E-state index is 0.649. The topological polar surface area (TPSA) is 0 Å². The largest absolute Gasteiger partial charge is 0.0651 e. The van der Waals surface area contributed by atoms with Gasteiger partial charge in [-0.2, -0.15) is 0 Å². The minimum Gasteiger partial charge on any atom is -0.0651 e. The molecule has 0 nitrogen and oxygen atoms in total. The summed E-state index contributed by atoms with van der Waals surface area (Å²) in [6, 6.07) is 0. The van der Waals surface area contributed by atoms with Crippen molar-refractivity contribution in [2.45, 2.75) is 67.7 Å². The van der Waals surface area contributed by atoms with Gasteiger partial charge >= 0.3 is 0 Å². The van der Waals surface area contributed by atoms with Crippen molar-refractivity contribution in [2.24, 2.45) is 40.4 Å². The Hall–Kier alpha value is 0. The van der Waals surface area contributed by atoms with Crippen molar-refractivity contribution >= 4 is 0 Å². The SMILES string of the molecule is CCC(C)C(CC)C(C)C1(C)C2C(C)CC21C. The van der Waals surface area contributed by atoms with E-state index in [1.54, 1.807) is 0 Å². The van der Waals surface area contributed by atoms with Crippen LogP contribution in [0.1, 0.15) is 67.7 Å². The second-order valence-corrected chi connectivity index (χ2v) is 7.61. The first kappa shape index (κ1) is 13.4. The molecule has 0 N–H and O–H groups in total. The normalized spacial score (nSPS) is 48.9. The first-order chi connectivity index (χ1) is 7.84. The number of hydrogen-bond donors (Lipinski definition) is 0. The van der Waals surface area contributed by atoms with Crippen LogP contribution in [0, 0.1) is 40.4 Å². The van der Waals surface area contributed by atoms with Gasteiger partial charge in [-0.05, 0) is 46.8 Å². The van der Waals surface area contributed by atoms with Crippen LogP contribution in [0.4, 0.5) is 0 Å². The molecule has 17 heavy (non-hydrogen) atoms.